The van der Waals surface area contributed by atoms with Crippen LogP contribution in [0, 0.1) is 0 Å². The van der Waals surface area contributed by atoms with Crippen LogP contribution >= 0.6 is 11.6 Å². The van der Waals surface area contributed by atoms with Gasteiger partial charge < -0.3 is 14.9 Å². The predicted molar refractivity (Wildman–Crippen MR) is 137 cm³/mol. The number of piperidine rings is 1. The van der Waals surface area contributed by atoms with Crippen LogP contribution in [0.1, 0.15) is 42.7 Å². The van der Waals surface area contributed by atoms with Gasteiger partial charge in [-0.25, -0.2) is 4.79 Å². The Hall–Kier alpha value is -3.26. The molecular weight excluding hydrogens is 478 g/mol. The van der Waals surface area contributed by atoms with Crippen molar-refractivity contribution in [3.63, 3.8) is 0 Å². The first-order valence-corrected chi connectivity index (χ1v) is 12.5. The summed E-state index contributed by atoms with van der Waals surface area (Å²) in [6.45, 7) is 2.46. The minimum atomic E-state index is -0.752. The Kier molecular flexibility index (Phi) is 9.06. The van der Waals surface area contributed by atoms with Crippen LogP contribution in [0.15, 0.2) is 79.0 Å². The molecule has 0 saturated carbocycles. The quantitative estimate of drug-likeness (QED) is 0.459. The summed E-state index contributed by atoms with van der Waals surface area (Å²) in [5.74, 6) is -0.747. The molecule has 0 aliphatic carbocycles. The molecule has 36 heavy (non-hydrogen) atoms. The van der Waals surface area contributed by atoms with Crippen LogP contribution in [0.2, 0.25) is 5.02 Å². The highest BCUT2D eigenvalue weighted by molar-refractivity contribution is 6.30. The van der Waals surface area contributed by atoms with Crippen LogP contribution in [-0.4, -0.2) is 47.2 Å². The van der Waals surface area contributed by atoms with Gasteiger partial charge in [0.15, 0.2) is 0 Å². The van der Waals surface area contributed by atoms with Gasteiger partial charge in [0.1, 0.15) is 12.1 Å². The molecule has 0 radical (unpaired) electrons. The number of hydrogen-bond donors (Lipinski definition) is 1. The van der Waals surface area contributed by atoms with Crippen molar-refractivity contribution in [1.82, 2.24) is 15.4 Å². The SMILES string of the molecule is CC(=O)N[C@@H](Cc1ccccc1)C(=O)ON1CCC(OC(c2ccc(Cl)cc2)c2ccccn2)CC1. The number of rotatable bonds is 9. The van der Waals surface area contributed by atoms with Gasteiger partial charge in [0, 0.05) is 37.7 Å². The number of nitrogens with one attached hydrogen (secondary N) is 1. The average Bonchev–Trinajstić information content (AvgIpc) is 2.89. The van der Waals surface area contributed by atoms with Gasteiger partial charge in [0.2, 0.25) is 5.91 Å². The molecule has 2 heterocycles. The van der Waals surface area contributed by atoms with E-state index in [4.69, 9.17) is 21.2 Å². The van der Waals surface area contributed by atoms with E-state index in [1.807, 2.05) is 72.8 Å². The fraction of sp³-hybridized carbons (Fsp3) is 0.321. The zero-order valence-electron chi connectivity index (χ0n) is 20.2. The number of pyridine rings is 1. The molecule has 1 saturated heterocycles. The summed E-state index contributed by atoms with van der Waals surface area (Å²) < 4.78 is 6.51. The molecule has 1 aliphatic rings. The number of nitrogens with zero attached hydrogens (tertiary/aromatic N) is 2. The lowest BCUT2D eigenvalue weighted by Gasteiger charge is -2.33. The second-order valence-electron chi connectivity index (χ2n) is 8.80. The van der Waals surface area contributed by atoms with Gasteiger partial charge in [-0.15, -0.1) is 5.06 Å². The van der Waals surface area contributed by atoms with Gasteiger partial charge in [-0.2, -0.15) is 0 Å². The molecule has 1 amide bonds. The average molecular weight is 508 g/mol. The molecule has 1 aliphatic heterocycles. The van der Waals surface area contributed by atoms with E-state index in [-0.39, 0.29) is 18.1 Å². The number of hydroxylamine groups is 2. The first-order chi connectivity index (χ1) is 17.5. The number of benzene rings is 2. The zero-order valence-corrected chi connectivity index (χ0v) is 20.9. The van der Waals surface area contributed by atoms with Crippen molar-refractivity contribution in [2.24, 2.45) is 0 Å². The Morgan fingerprint density at radius 1 is 1.03 bits per heavy atom. The molecule has 7 nitrogen and oxygen atoms in total. The third kappa shape index (κ3) is 7.37. The number of amides is 1. The highest BCUT2D eigenvalue weighted by Gasteiger charge is 2.29. The highest BCUT2D eigenvalue weighted by atomic mass is 35.5. The monoisotopic (exact) mass is 507 g/mol. The number of ether oxygens (including phenoxy) is 1. The van der Waals surface area contributed by atoms with Crippen molar-refractivity contribution in [1.29, 1.82) is 0 Å². The van der Waals surface area contributed by atoms with Crippen LogP contribution in [0.3, 0.4) is 0 Å². The van der Waals surface area contributed by atoms with Crippen LogP contribution < -0.4 is 5.32 Å². The molecule has 0 spiro atoms. The topological polar surface area (TPSA) is 80.8 Å². The Morgan fingerprint density at radius 3 is 2.36 bits per heavy atom. The largest absolute Gasteiger partial charge is 0.366 e. The van der Waals surface area contributed by atoms with E-state index >= 15 is 0 Å². The lowest BCUT2D eigenvalue weighted by Crippen LogP contribution is -2.47. The standard InChI is InChI=1S/C28H30ClN3O4/c1-20(33)31-26(19-21-7-3-2-4-8-21)28(34)36-32-17-14-24(15-18-32)35-27(25-9-5-6-16-30-25)22-10-12-23(29)13-11-22/h2-13,16,24,26-27H,14-15,17-19H2,1H3,(H,31,33)/t26-,27?/m0/s1. The smallest absolute Gasteiger partial charge is 0.347 e. The van der Waals surface area contributed by atoms with Crippen molar-refractivity contribution < 1.29 is 19.2 Å². The maximum atomic E-state index is 12.9. The predicted octanol–water partition coefficient (Wildman–Crippen LogP) is 4.51. The highest BCUT2D eigenvalue weighted by Crippen LogP contribution is 2.30. The second kappa shape index (κ2) is 12.6. The second-order valence-corrected chi connectivity index (χ2v) is 9.24. The van der Waals surface area contributed by atoms with Crippen molar-refractivity contribution in [2.75, 3.05) is 13.1 Å². The lowest BCUT2D eigenvalue weighted by atomic mass is 10.0. The van der Waals surface area contributed by atoms with E-state index in [9.17, 15) is 9.59 Å². The normalized spacial score (nSPS) is 16.2. The van der Waals surface area contributed by atoms with Crippen LogP contribution in [0.5, 0.6) is 0 Å². The van der Waals surface area contributed by atoms with E-state index in [0.29, 0.717) is 37.4 Å². The van der Waals surface area contributed by atoms with Crippen molar-refractivity contribution >= 4 is 23.5 Å². The summed E-state index contributed by atoms with van der Waals surface area (Å²) in [4.78, 5) is 34.7. The number of hydrogen-bond acceptors (Lipinski definition) is 6. The number of carbonyl (C=O) groups is 2. The molecule has 2 aromatic carbocycles. The number of carbonyl (C=O) groups excluding carboxylic acids is 2. The lowest BCUT2D eigenvalue weighted by molar-refractivity contribution is -0.204. The fourth-order valence-corrected chi connectivity index (χ4v) is 4.34. The molecule has 0 bridgehead atoms. The first-order valence-electron chi connectivity index (χ1n) is 12.1. The summed E-state index contributed by atoms with van der Waals surface area (Å²) in [5, 5.41) is 5.03. The molecule has 1 N–H and O–H groups in total. The van der Waals surface area contributed by atoms with Crippen LogP contribution in [-0.2, 0) is 25.6 Å². The molecule has 3 aromatic rings. The van der Waals surface area contributed by atoms with Crippen molar-refractivity contribution in [3.05, 3.63) is 101 Å². The summed E-state index contributed by atoms with van der Waals surface area (Å²) in [6.07, 6.45) is 3.15. The maximum absolute atomic E-state index is 12.9. The number of aromatic nitrogens is 1. The summed E-state index contributed by atoms with van der Waals surface area (Å²) in [7, 11) is 0. The Bertz CT molecular complexity index is 1120. The van der Waals surface area contributed by atoms with Crippen molar-refractivity contribution in [2.45, 2.75) is 44.4 Å². The first kappa shape index (κ1) is 25.8. The summed E-state index contributed by atoms with van der Waals surface area (Å²) >= 11 is 6.08. The Labute approximate surface area is 216 Å². The molecule has 2 atom stereocenters. The maximum Gasteiger partial charge on any atom is 0.347 e. The summed E-state index contributed by atoms with van der Waals surface area (Å²) in [5.41, 5.74) is 2.75. The molecule has 8 heteroatoms. The zero-order chi connectivity index (χ0) is 25.3. The van der Waals surface area contributed by atoms with E-state index in [2.05, 4.69) is 10.3 Å². The van der Waals surface area contributed by atoms with Gasteiger partial charge in [-0.3, -0.25) is 9.78 Å². The molecule has 1 fully saturated rings. The minimum Gasteiger partial charge on any atom is -0.366 e. The molecule has 1 unspecified atom stereocenters. The Balaban J connectivity index is 1.35. The van der Waals surface area contributed by atoms with Gasteiger partial charge in [0.25, 0.3) is 0 Å². The third-order valence-electron chi connectivity index (χ3n) is 6.02. The third-order valence-corrected chi connectivity index (χ3v) is 6.27. The minimum absolute atomic E-state index is 0.0295. The van der Waals surface area contributed by atoms with Gasteiger partial charge in [0.05, 0.1) is 11.8 Å². The summed E-state index contributed by atoms with van der Waals surface area (Å²) in [6, 6.07) is 22.2. The fourth-order valence-electron chi connectivity index (χ4n) is 4.22. The van der Waals surface area contributed by atoms with Crippen molar-refractivity contribution in [3.8, 4) is 0 Å². The van der Waals surface area contributed by atoms with E-state index in [1.165, 1.54) is 6.92 Å². The molecule has 1 aromatic heterocycles. The van der Waals surface area contributed by atoms with Gasteiger partial charge >= 0.3 is 5.97 Å². The van der Waals surface area contributed by atoms with Crippen LogP contribution in [0.4, 0.5) is 0 Å². The van der Waals surface area contributed by atoms with Gasteiger partial charge in [-0.1, -0.05) is 60.1 Å². The molecular formula is C28H30ClN3O4. The van der Waals surface area contributed by atoms with Crippen LogP contribution in [0.25, 0.3) is 0 Å². The molecule has 188 valence electrons. The van der Waals surface area contributed by atoms with Gasteiger partial charge in [-0.05, 0) is 48.2 Å². The van der Waals surface area contributed by atoms with E-state index < -0.39 is 12.0 Å². The number of halogens is 1. The van der Waals surface area contributed by atoms with E-state index in [0.717, 1.165) is 16.8 Å². The molecule has 4 rings (SSSR count). The Morgan fingerprint density at radius 2 is 1.72 bits per heavy atom. The van der Waals surface area contributed by atoms with E-state index in [1.54, 1.807) is 11.3 Å².